The van der Waals surface area contributed by atoms with Crippen LogP contribution in [0.2, 0.25) is 0 Å². The number of benzene rings is 3. The second-order valence-corrected chi connectivity index (χ2v) is 9.07. The fourth-order valence-corrected chi connectivity index (χ4v) is 4.55. The molecule has 0 saturated carbocycles. The molecule has 1 aliphatic heterocycles. The van der Waals surface area contributed by atoms with Gasteiger partial charge in [0.15, 0.2) is 22.8 Å². The summed E-state index contributed by atoms with van der Waals surface area (Å²) in [6.45, 7) is 1.75. The first-order valence-electron chi connectivity index (χ1n) is 11.4. The number of methoxy groups -OCH3 is 2. The fourth-order valence-electron chi connectivity index (χ4n) is 3.56. The molecule has 1 saturated heterocycles. The first kappa shape index (κ1) is 25.8. The molecule has 3 aromatic rings. The lowest BCUT2D eigenvalue weighted by Gasteiger charge is -2.16. The average molecular weight is 519 g/mol. The number of aliphatic carboxylic acids is 1. The molecule has 0 aliphatic carbocycles. The zero-order valence-electron chi connectivity index (χ0n) is 20.6. The lowest BCUT2D eigenvalue weighted by molar-refractivity contribution is -0.144. The summed E-state index contributed by atoms with van der Waals surface area (Å²) in [6, 6.07) is 22.1. The maximum absolute atomic E-state index is 13.6. The zero-order valence-corrected chi connectivity index (χ0v) is 21.4. The number of hydrogen-bond acceptors (Lipinski definition) is 7. The molecule has 1 atom stereocenters. The van der Waals surface area contributed by atoms with Gasteiger partial charge in [0.25, 0.3) is 5.91 Å². The van der Waals surface area contributed by atoms with Gasteiger partial charge in [0.2, 0.25) is 0 Å². The maximum Gasteiger partial charge on any atom is 0.344 e. The molecule has 9 heteroatoms. The number of carboxylic acids is 1. The van der Waals surface area contributed by atoms with Crippen LogP contribution < -0.4 is 14.2 Å². The summed E-state index contributed by atoms with van der Waals surface area (Å²) in [5.41, 5.74) is 2.16. The molecular weight excluding hydrogens is 492 g/mol. The van der Waals surface area contributed by atoms with Crippen LogP contribution in [0.3, 0.4) is 0 Å². The molecule has 0 spiro atoms. The van der Waals surface area contributed by atoms with Gasteiger partial charge in [-0.3, -0.25) is 9.69 Å². The number of nitrogens with zero attached hydrogens (tertiary/aromatic N) is 2. The van der Waals surface area contributed by atoms with E-state index in [0.717, 1.165) is 17.0 Å². The monoisotopic (exact) mass is 518 g/mol. The highest BCUT2D eigenvalue weighted by atomic mass is 32.2. The Morgan fingerprint density at radius 1 is 1.03 bits per heavy atom. The van der Waals surface area contributed by atoms with E-state index in [0.29, 0.717) is 27.9 Å². The van der Waals surface area contributed by atoms with Crippen molar-refractivity contribution in [2.24, 2.45) is 4.99 Å². The highest BCUT2D eigenvalue weighted by molar-refractivity contribution is 8.18. The van der Waals surface area contributed by atoms with Crippen molar-refractivity contribution in [3.63, 3.8) is 0 Å². The molecule has 4 rings (SSSR count). The quantitative estimate of drug-likeness (QED) is 0.381. The van der Waals surface area contributed by atoms with Crippen molar-refractivity contribution < 1.29 is 28.9 Å². The zero-order chi connectivity index (χ0) is 26.4. The van der Waals surface area contributed by atoms with E-state index in [4.69, 9.17) is 19.2 Å². The van der Waals surface area contributed by atoms with Crippen LogP contribution in [0.1, 0.15) is 18.1 Å². The molecule has 0 bridgehead atoms. The van der Waals surface area contributed by atoms with Crippen molar-refractivity contribution in [3.05, 3.63) is 88.8 Å². The smallest absolute Gasteiger partial charge is 0.344 e. The molecule has 1 amide bonds. The first-order valence-corrected chi connectivity index (χ1v) is 12.3. The Kier molecular flexibility index (Phi) is 8.15. The van der Waals surface area contributed by atoms with E-state index in [2.05, 4.69) is 0 Å². The van der Waals surface area contributed by atoms with Crippen LogP contribution in [0.5, 0.6) is 17.2 Å². The van der Waals surface area contributed by atoms with Crippen molar-refractivity contribution >= 4 is 40.6 Å². The Balaban J connectivity index is 1.72. The number of amidine groups is 1. The van der Waals surface area contributed by atoms with E-state index in [9.17, 15) is 14.7 Å². The minimum absolute atomic E-state index is 0.226. The Labute approximate surface area is 219 Å². The summed E-state index contributed by atoms with van der Waals surface area (Å²) >= 11 is 1.24. The van der Waals surface area contributed by atoms with Crippen molar-refractivity contribution in [3.8, 4) is 17.2 Å². The van der Waals surface area contributed by atoms with Crippen molar-refractivity contribution in [2.45, 2.75) is 19.6 Å². The minimum Gasteiger partial charge on any atom is -0.497 e. The van der Waals surface area contributed by atoms with Crippen molar-refractivity contribution in [1.29, 1.82) is 0 Å². The Hall–Kier alpha value is -4.24. The third kappa shape index (κ3) is 6.13. The lowest BCUT2D eigenvalue weighted by Crippen LogP contribution is -2.28. The highest BCUT2D eigenvalue weighted by Gasteiger charge is 2.34. The van der Waals surface area contributed by atoms with E-state index >= 15 is 0 Å². The predicted molar refractivity (Wildman–Crippen MR) is 143 cm³/mol. The first-order chi connectivity index (χ1) is 17.9. The van der Waals surface area contributed by atoms with Crippen molar-refractivity contribution in [1.82, 2.24) is 4.90 Å². The third-order valence-corrected chi connectivity index (χ3v) is 6.53. The lowest BCUT2D eigenvalue weighted by atomic mass is 10.1. The van der Waals surface area contributed by atoms with Gasteiger partial charge in [-0.25, -0.2) is 9.79 Å². The normalized spacial score (nSPS) is 16.2. The second-order valence-electron chi connectivity index (χ2n) is 8.06. The molecule has 1 heterocycles. The van der Waals surface area contributed by atoms with Crippen LogP contribution in [0, 0.1) is 0 Å². The van der Waals surface area contributed by atoms with E-state index in [1.807, 2.05) is 54.6 Å². The molecule has 1 fully saturated rings. The van der Waals surface area contributed by atoms with E-state index in [-0.39, 0.29) is 11.7 Å². The summed E-state index contributed by atoms with van der Waals surface area (Å²) in [5, 5.41) is 9.87. The van der Waals surface area contributed by atoms with Gasteiger partial charge in [-0.2, -0.15) is 0 Å². The van der Waals surface area contributed by atoms with Crippen LogP contribution in [-0.2, 0) is 16.1 Å². The Bertz CT molecular complexity index is 1340. The minimum atomic E-state index is -1.11. The second kappa shape index (κ2) is 11.7. The standard InChI is InChI=1S/C28H26N2O6S/c1-18(27(32)33)36-25-20(8-7-11-23(25)35-3)16-24-26(31)30(17-19-12-14-22(34-2)15-13-19)28(37-24)29-21-9-5-4-6-10-21/h4-16,18H,17H2,1-3H3,(H,32,33)/b24-16-,29-28?/t18-/m0/s1. The average Bonchev–Trinajstić information content (AvgIpc) is 3.19. The molecule has 1 aliphatic rings. The topological polar surface area (TPSA) is 97.7 Å². The number of aliphatic imine (C=N–C) groups is 1. The molecule has 1 N–H and O–H groups in total. The Morgan fingerprint density at radius 3 is 2.41 bits per heavy atom. The summed E-state index contributed by atoms with van der Waals surface area (Å²) in [5.74, 6) is 0.00205. The molecule has 0 aromatic heterocycles. The number of para-hydroxylation sites is 2. The van der Waals surface area contributed by atoms with Gasteiger partial charge in [-0.15, -0.1) is 0 Å². The number of thioether (sulfide) groups is 1. The summed E-state index contributed by atoms with van der Waals surface area (Å²) < 4.78 is 16.3. The largest absolute Gasteiger partial charge is 0.497 e. The summed E-state index contributed by atoms with van der Waals surface area (Å²) in [6.07, 6.45) is 0.565. The molecule has 37 heavy (non-hydrogen) atoms. The van der Waals surface area contributed by atoms with E-state index < -0.39 is 12.1 Å². The number of hydrogen-bond donors (Lipinski definition) is 1. The van der Waals surface area contributed by atoms with Gasteiger partial charge in [-0.05, 0) is 60.7 Å². The third-order valence-electron chi connectivity index (χ3n) is 5.53. The van der Waals surface area contributed by atoms with Gasteiger partial charge in [-0.1, -0.05) is 42.5 Å². The summed E-state index contributed by atoms with van der Waals surface area (Å²) in [4.78, 5) is 31.8. The number of carbonyl (C=O) groups is 2. The number of carbonyl (C=O) groups excluding carboxylic acids is 1. The summed E-state index contributed by atoms with van der Waals surface area (Å²) in [7, 11) is 3.08. The van der Waals surface area contributed by atoms with E-state index in [1.165, 1.54) is 25.8 Å². The maximum atomic E-state index is 13.6. The van der Waals surface area contributed by atoms with Crippen LogP contribution in [0.15, 0.2) is 82.7 Å². The highest BCUT2D eigenvalue weighted by Crippen LogP contribution is 2.39. The molecule has 0 radical (unpaired) electrons. The van der Waals surface area contributed by atoms with Gasteiger partial charge < -0.3 is 19.3 Å². The number of rotatable bonds is 9. The van der Waals surface area contributed by atoms with Gasteiger partial charge >= 0.3 is 5.97 Å². The molecular formula is C28H26N2O6S. The van der Waals surface area contributed by atoms with Gasteiger partial charge in [0, 0.05) is 5.56 Å². The van der Waals surface area contributed by atoms with Gasteiger partial charge in [0.05, 0.1) is 31.4 Å². The van der Waals surface area contributed by atoms with Crippen LogP contribution in [0.25, 0.3) is 6.08 Å². The molecule has 3 aromatic carbocycles. The molecule has 190 valence electrons. The number of amides is 1. The van der Waals surface area contributed by atoms with E-state index in [1.54, 1.807) is 36.3 Å². The predicted octanol–water partition coefficient (Wildman–Crippen LogP) is 5.36. The number of carboxylic acid groups (broad SMARTS) is 1. The van der Waals surface area contributed by atoms with Gasteiger partial charge in [0.1, 0.15) is 5.75 Å². The van der Waals surface area contributed by atoms with Crippen LogP contribution >= 0.6 is 11.8 Å². The Morgan fingerprint density at radius 2 is 1.76 bits per heavy atom. The number of ether oxygens (including phenoxy) is 3. The fraction of sp³-hybridized carbons (Fsp3) is 0.179. The van der Waals surface area contributed by atoms with Crippen molar-refractivity contribution in [2.75, 3.05) is 14.2 Å². The molecule has 8 nitrogen and oxygen atoms in total. The molecule has 0 unspecified atom stereocenters. The van der Waals surface area contributed by atoms with Crippen LogP contribution in [-0.4, -0.2) is 47.4 Å². The SMILES string of the molecule is COc1ccc(CN2C(=O)/C(=C/c3cccc(OC)c3O[C@@H](C)C(=O)O)SC2=Nc2ccccc2)cc1. The van der Waals surface area contributed by atoms with Crippen LogP contribution in [0.4, 0.5) is 5.69 Å².